The van der Waals surface area contributed by atoms with Gasteiger partial charge in [0.2, 0.25) is 15.9 Å². The van der Waals surface area contributed by atoms with Crippen LogP contribution in [0.5, 0.6) is 0 Å². The van der Waals surface area contributed by atoms with E-state index in [2.05, 4.69) is 5.16 Å². The van der Waals surface area contributed by atoms with Gasteiger partial charge in [-0.05, 0) is 31.4 Å². The number of sulfonamides is 1. The van der Waals surface area contributed by atoms with Gasteiger partial charge in [0.05, 0.1) is 19.1 Å². The number of rotatable bonds is 5. The van der Waals surface area contributed by atoms with Gasteiger partial charge in [-0.1, -0.05) is 41.6 Å². The van der Waals surface area contributed by atoms with E-state index in [0.29, 0.717) is 51.4 Å². The van der Waals surface area contributed by atoms with Crippen LogP contribution in [0.25, 0.3) is 12.2 Å². The molecule has 8 nitrogen and oxygen atoms in total. The summed E-state index contributed by atoms with van der Waals surface area (Å²) in [4.78, 5) is 14.8. The highest BCUT2D eigenvalue weighted by Gasteiger charge is 2.38. The molecule has 1 atom stereocenters. The minimum absolute atomic E-state index is 0.00874. The SMILES string of the molecule is Cc1noc(/C=C/c2ccccc2)c1S(=O)(=O)N1CCC[C@H](C(=O)N2CCOCC2)C1. The number of piperidine rings is 1. The molecular weight excluding hydrogens is 418 g/mol. The highest BCUT2D eigenvalue weighted by atomic mass is 32.2. The van der Waals surface area contributed by atoms with Gasteiger partial charge in [-0.15, -0.1) is 0 Å². The molecule has 2 aliphatic heterocycles. The van der Waals surface area contributed by atoms with Crippen molar-refractivity contribution in [3.05, 3.63) is 47.3 Å². The van der Waals surface area contributed by atoms with E-state index in [0.717, 1.165) is 5.56 Å². The second-order valence-electron chi connectivity index (χ2n) is 7.85. The normalized spacial score (nSPS) is 20.9. The Morgan fingerprint density at radius 1 is 1.13 bits per heavy atom. The molecule has 0 N–H and O–H groups in total. The van der Waals surface area contributed by atoms with E-state index in [4.69, 9.17) is 9.26 Å². The van der Waals surface area contributed by atoms with Crippen LogP contribution in [0.15, 0.2) is 39.8 Å². The van der Waals surface area contributed by atoms with Gasteiger partial charge in [0, 0.05) is 26.2 Å². The lowest BCUT2D eigenvalue weighted by Crippen LogP contribution is -2.49. The maximum atomic E-state index is 13.5. The maximum Gasteiger partial charge on any atom is 0.248 e. The first-order chi connectivity index (χ1) is 15.0. The summed E-state index contributed by atoms with van der Waals surface area (Å²) in [5.41, 5.74) is 1.24. The van der Waals surface area contributed by atoms with E-state index < -0.39 is 10.0 Å². The topological polar surface area (TPSA) is 93.0 Å². The van der Waals surface area contributed by atoms with Crippen LogP contribution in [0.4, 0.5) is 0 Å². The number of ether oxygens (including phenoxy) is 1. The van der Waals surface area contributed by atoms with Crippen LogP contribution in [-0.4, -0.2) is 68.1 Å². The van der Waals surface area contributed by atoms with E-state index in [-0.39, 0.29) is 29.0 Å². The maximum absolute atomic E-state index is 13.5. The summed E-state index contributed by atoms with van der Waals surface area (Å²) < 4.78 is 39.0. The van der Waals surface area contributed by atoms with Crippen LogP contribution in [0, 0.1) is 12.8 Å². The number of benzene rings is 1. The molecule has 0 saturated carbocycles. The molecule has 1 aromatic heterocycles. The van der Waals surface area contributed by atoms with Crippen molar-refractivity contribution in [1.29, 1.82) is 0 Å². The molecular formula is C22H27N3O5S. The number of aromatic nitrogens is 1. The van der Waals surface area contributed by atoms with Crippen molar-refractivity contribution >= 4 is 28.1 Å². The average molecular weight is 446 g/mol. The molecule has 0 bridgehead atoms. The quantitative estimate of drug-likeness (QED) is 0.702. The fraction of sp³-hybridized carbons (Fsp3) is 0.455. The van der Waals surface area contributed by atoms with Crippen molar-refractivity contribution in [2.45, 2.75) is 24.7 Å². The number of hydrogen-bond donors (Lipinski definition) is 0. The summed E-state index contributed by atoms with van der Waals surface area (Å²) in [6, 6.07) is 9.56. The smallest absolute Gasteiger partial charge is 0.248 e. The lowest BCUT2D eigenvalue weighted by molar-refractivity contribution is -0.140. The van der Waals surface area contributed by atoms with Gasteiger partial charge in [-0.2, -0.15) is 4.31 Å². The van der Waals surface area contributed by atoms with E-state index in [9.17, 15) is 13.2 Å². The second-order valence-corrected chi connectivity index (χ2v) is 9.72. The predicted octanol–water partition coefficient (Wildman–Crippen LogP) is 2.41. The minimum Gasteiger partial charge on any atom is -0.378 e. The van der Waals surface area contributed by atoms with E-state index in [1.54, 1.807) is 24.0 Å². The molecule has 2 saturated heterocycles. The summed E-state index contributed by atoms with van der Waals surface area (Å²) in [7, 11) is -3.85. The number of nitrogens with zero attached hydrogens (tertiary/aromatic N) is 3. The highest BCUT2D eigenvalue weighted by Crippen LogP contribution is 2.30. The molecule has 9 heteroatoms. The second kappa shape index (κ2) is 9.33. The van der Waals surface area contributed by atoms with Crippen molar-refractivity contribution in [1.82, 2.24) is 14.4 Å². The number of carbonyl (C=O) groups is 1. The minimum atomic E-state index is -3.85. The van der Waals surface area contributed by atoms with Gasteiger partial charge in [-0.25, -0.2) is 8.42 Å². The van der Waals surface area contributed by atoms with Gasteiger partial charge in [0.15, 0.2) is 10.7 Å². The summed E-state index contributed by atoms with van der Waals surface area (Å²) in [5.74, 6) is -0.137. The number of hydrogen-bond acceptors (Lipinski definition) is 6. The number of amides is 1. The first-order valence-electron chi connectivity index (χ1n) is 10.5. The lowest BCUT2D eigenvalue weighted by atomic mass is 9.98. The first-order valence-corrected chi connectivity index (χ1v) is 12.0. The fourth-order valence-electron chi connectivity index (χ4n) is 4.07. The lowest BCUT2D eigenvalue weighted by Gasteiger charge is -2.35. The third kappa shape index (κ3) is 4.73. The molecule has 2 fully saturated rings. The van der Waals surface area contributed by atoms with Crippen molar-refractivity contribution in [3.63, 3.8) is 0 Å². The van der Waals surface area contributed by atoms with Crippen molar-refractivity contribution < 1.29 is 22.5 Å². The Bertz CT molecular complexity index is 1040. The molecule has 0 radical (unpaired) electrons. The molecule has 0 unspecified atom stereocenters. The van der Waals surface area contributed by atoms with Crippen LogP contribution in [0.3, 0.4) is 0 Å². The molecule has 2 aliphatic rings. The van der Waals surface area contributed by atoms with Gasteiger partial charge >= 0.3 is 0 Å². The van der Waals surface area contributed by atoms with Crippen LogP contribution >= 0.6 is 0 Å². The van der Waals surface area contributed by atoms with Gasteiger partial charge in [0.1, 0.15) is 5.69 Å². The van der Waals surface area contributed by atoms with Crippen LogP contribution in [0.2, 0.25) is 0 Å². The fourth-order valence-corrected chi connectivity index (χ4v) is 5.84. The molecule has 4 rings (SSSR count). The first kappa shape index (κ1) is 21.7. The average Bonchev–Trinajstić information content (AvgIpc) is 3.19. The summed E-state index contributed by atoms with van der Waals surface area (Å²) in [6.07, 6.45) is 4.74. The largest absolute Gasteiger partial charge is 0.378 e. The number of morpholine rings is 1. The summed E-state index contributed by atoms with van der Waals surface area (Å²) in [5, 5.41) is 3.90. The molecule has 166 valence electrons. The third-order valence-corrected chi connectivity index (χ3v) is 7.74. The Morgan fingerprint density at radius 2 is 1.87 bits per heavy atom. The Hall–Kier alpha value is -2.49. The predicted molar refractivity (Wildman–Crippen MR) is 115 cm³/mol. The molecule has 31 heavy (non-hydrogen) atoms. The molecule has 1 amide bonds. The van der Waals surface area contributed by atoms with Gasteiger partial charge in [-0.3, -0.25) is 4.79 Å². The zero-order chi connectivity index (χ0) is 21.8. The van der Waals surface area contributed by atoms with Crippen molar-refractivity contribution in [2.75, 3.05) is 39.4 Å². The standard InChI is InChI=1S/C22H27N3O5S/c1-17-21(20(30-23-17)10-9-18-6-3-2-4-7-18)31(27,28)25-11-5-8-19(16-25)22(26)24-12-14-29-15-13-24/h2-4,6-7,9-10,19H,5,8,11-16H2,1H3/b10-9+/t19-/m0/s1. The van der Waals surface area contributed by atoms with Crippen LogP contribution < -0.4 is 0 Å². The Morgan fingerprint density at radius 3 is 2.61 bits per heavy atom. The summed E-state index contributed by atoms with van der Waals surface area (Å²) >= 11 is 0. The monoisotopic (exact) mass is 445 g/mol. The molecule has 1 aromatic carbocycles. The number of aryl methyl sites for hydroxylation is 1. The van der Waals surface area contributed by atoms with E-state index >= 15 is 0 Å². The van der Waals surface area contributed by atoms with E-state index in [1.807, 2.05) is 30.3 Å². The summed E-state index contributed by atoms with van der Waals surface area (Å²) in [6.45, 7) is 4.33. The van der Waals surface area contributed by atoms with Crippen LogP contribution in [0.1, 0.15) is 29.9 Å². The van der Waals surface area contributed by atoms with Crippen molar-refractivity contribution in [2.24, 2.45) is 5.92 Å². The van der Waals surface area contributed by atoms with E-state index in [1.165, 1.54) is 4.31 Å². The zero-order valence-electron chi connectivity index (χ0n) is 17.6. The molecule has 0 aliphatic carbocycles. The molecule has 2 aromatic rings. The zero-order valence-corrected chi connectivity index (χ0v) is 18.4. The molecule has 3 heterocycles. The van der Waals surface area contributed by atoms with Gasteiger partial charge in [0.25, 0.3) is 0 Å². The Balaban J connectivity index is 1.55. The number of carbonyl (C=O) groups excluding carboxylic acids is 1. The Labute approximate surface area is 182 Å². The van der Waals surface area contributed by atoms with Crippen LogP contribution in [-0.2, 0) is 19.6 Å². The molecule has 0 spiro atoms. The van der Waals surface area contributed by atoms with Crippen molar-refractivity contribution in [3.8, 4) is 0 Å². The highest BCUT2D eigenvalue weighted by molar-refractivity contribution is 7.89. The Kier molecular flexibility index (Phi) is 6.54. The van der Waals surface area contributed by atoms with Gasteiger partial charge < -0.3 is 14.2 Å². The third-order valence-electron chi connectivity index (χ3n) is 5.71.